The van der Waals surface area contributed by atoms with Gasteiger partial charge in [0, 0.05) is 19.2 Å². The van der Waals surface area contributed by atoms with Gasteiger partial charge in [0.1, 0.15) is 5.56 Å². The van der Waals surface area contributed by atoms with Gasteiger partial charge in [0.25, 0.3) is 11.6 Å². The third-order valence-corrected chi connectivity index (χ3v) is 6.48. The average molecular weight is 405 g/mol. The summed E-state index contributed by atoms with van der Waals surface area (Å²) in [7, 11) is -3.55. The van der Waals surface area contributed by atoms with E-state index in [0.717, 1.165) is 0 Å². The van der Waals surface area contributed by atoms with Crippen molar-refractivity contribution in [1.82, 2.24) is 9.62 Å². The quantitative estimate of drug-likeness (QED) is 0.536. The SMILES string of the molecule is CCN(CC)S(=O)(=O)c1ccc(C(C)NC(=O)c2ccccc2[N+](=O)[O-])cc1. The molecule has 0 saturated carbocycles. The van der Waals surface area contributed by atoms with Crippen molar-refractivity contribution in [3.05, 3.63) is 69.8 Å². The Hall–Kier alpha value is -2.78. The lowest BCUT2D eigenvalue weighted by Gasteiger charge is -2.19. The number of nitro benzene ring substituents is 1. The largest absolute Gasteiger partial charge is 0.345 e. The second kappa shape index (κ2) is 8.94. The van der Waals surface area contributed by atoms with Gasteiger partial charge in [-0.3, -0.25) is 14.9 Å². The summed E-state index contributed by atoms with van der Waals surface area (Å²) < 4.78 is 26.4. The van der Waals surface area contributed by atoms with Crippen LogP contribution in [-0.4, -0.2) is 36.6 Å². The first-order valence-electron chi connectivity index (χ1n) is 8.86. The zero-order valence-electron chi connectivity index (χ0n) is 16.0. The summed E-state index contributed by atoms with van der Waals surface area (Å²) in [5.41, 5.74) is 0.387. The number of para-hydroxylation sites is 1. The standard InChI is InChI=1S/C19H23N3O5S/c1-4-21(5-2)28(26,27)16-12-10-15(11-13-16)14(3)20-19(23)17-8-6-7-9-18(17)22(24)25/h6-14H,4-5H2,1-3H3,(H,20,23). The first-order chi connectivity index (χ1) is 13.2. The molecule has 0 aliphatic carbocycles. The molecule has 0 saturated heterocycles. The second-order valence-electron chi connectivity index (χ2n) is 6.13. The monoisotopic (exact) mass is 405 g/mol. The van der Waals surface area contributed by atoms with Crippen molar-refractivity contribution >= 4 is 21.6 Å². The topological polar surface area (TPSA) is 110 Å². The molecule has 1 unspecified atom stereocenters. The Kier molecular flexibility index (Phi) is 6.87. The minimum absolute atomic E-state index is 0.0277. The van der Waals surface area contributed by atoms with Gasteiger partial charge in [-0.15, -0.1) is 0 Å². The maximum Gasteiger partial charge on any atom is 0.282 e. The number of nitrogens with zero attached hydrogens (tertiary/aromatic N) is 2. The van der Waals surface area contributed by atoms with Crippen molar-refractivity contribution in [2.45, 2.75) is 31.7 Å². The van der Waals surface area contributed by atoms with E-state index in [1.165, 1.54) is 34.6 Å². The van der Waals surface area contributed by atoms with Crippen molar-refractivity contribution in [3.8, 4) is 0 Å². The molecule has 9 heteroatoms. The Labute approximate surface area is 164 Å². The van der Waals surface area contributed by atoms with Crippen molar-refractivity contribution < 1.29 is 18.1 Å². The maximum absolute atomic E-state index is 12.5. The number of carbonyl (C=O) groups excluding carboxylic acids is 1. The van der Waals surface area contributed by atoms with Crippen LogP contribution in [0, 0.1) is 10.1 Å². The zero-order valence-corrected chi connectivity index (χ0v) is 16.8. The number of sulfonamides is 1. The fraction of sp³-hybridized carbons (Fsp3) is 0.316. The Bertz CT molecular complexity index is 954. The van der Waals surface area contributed by atoms with Crippen molar-refractivity contribution in [1.29, 1.82) is 0 Å². The number of benzene rings is 2. The normalized spacial score (nSPS) is 12.6. The molecule has 0 fully saturated rings. The molecule has 8 nitrogen and oxygen atoms in total. The highest BCUT2D eigenvalue weighted by Gasteiger charge is 2.23. The first kappa shape index (κ1) is 21.5. The summed E-state index contributed by atoms with van der Waals surface area (Å²) >= 11 is 0. The van der Waals surface area contributed by atoms with Crippen LogP contribution in [0.3, 0.4) is 0 Å². The lowest BCUT2D eigenvalue weighted by molar-refractivity contribution is -0.385. The van der Waals surface area contributed by atoms with E-state index in [1.807, 2.05) is 0 Å². The van der Waals surface area contributed by atoms with Gasteiger partial charge in [-0.2, -0.15) is 4.31 Å². The average Bonchev–Trinajstić information content (AvgIpc) is 2.68. The van der Waals surface area contributed by atoms with Gasteiger partial charge in [0.15, 0.2) is 0 Å². The van der Waals surface area contributed by atoms with Crippen LogP contribution in [0.5, 0.6) is 0 Å². The Morgan fingerprint density at radius 1 is 1.11 bits per heavy atom. The van der Waals surface area contributed by atoms with Gasteiger partial charge in [-0.1, -0.05) is 38.1 Å². The highest BCUT2D eigenvalue weighted by atomic mass is 32.2. The smallest absolute Gasteiger partial charge is 0.282 e. The van der Waals surface area contributed by atoms with E-state index in [1.54, 1.807) is 39.0 Å². The van der Waals surface area contributed by atoms with Crippen molar-refractivity contribution in [3.63, 3.8) is 0 Å². The van der Waals surface area contributed by atoms with Gasteiger partial charge in [-0.05, 0) is 30.7 Å². The van der Waals surface area contributed by atoms with E-state index in [2.05, 4.69) is 5.32 Å². The van der Waals surface area contributed by atoms with Crippen LogP contribution in [0.1, 0.15) is 42.7 Å². The summed E-state index contributed by atoms with van der Waals surface area (Å²) in [6.07, 6.45) is 0. The summed E-state index contributed by atoms with van der Waals surface area (Å²) in [4.78, 5) is 23.1. The Morgan fingerprint density at radius 2 is 1.68 bits per heavy atom. The molecular formula is C19H23N3O5S. The van der Waals surface area contributed by atoms with Crippen LogP contribution in [0.25, 0.3) is 0 Å². The van der Waals surface area contributed by atoms with E-state index in [4.69, 9.17) is 0 Å². The molecule has 0 heterocycles. The number of rotatable bonds is 8. The Balaban J connectivity index is 2.19. The van der Waals surface area contributed by atoms with E-state index in [9.17, 15) is 23.3 Å². The molecule has 150 valence electrons. The summed E-state index contributed by atoms with van der Waals surface area (Å²) in [6, 6.07) is 11.5. The molecule has 28 heavy (non-hydrogen) atoms. The number of hydrogen-bond donors (Lipinski definition) is 1. The maximum atomic E-state index is 12.5. The molecule has 2 aromatic carbocycles. The lowest BCUT2D eigenvalue weighted by Crippen LogP contribution is -2.30. The third-order valence-electron chi connectivity index (χ3n) is 4.42. The fourth-order valence-corrected chi connectivity index (χ4v) is 4.28. The number of nitrogens with one attached hydrogen (secondary N) is 1. The van der Waals surface area contributed by atoms with Crippen LogP contribution < -0.4 is 5.32 Å². The molecule has 0 aliphatic rings. The predicted octanol–water partition coefficient (Wildman–Crippen LogP) is 3.12. The van der Waals surface area contributed by atoms with Gasteiger partial charge in [0.05, 0.1) is 15.9 Å². The van der Waals surface area contributed by atoms with E-state index in [-0.39, 0.29) is 16.1 Å². The second-order valence-corrected chi connectivity index (χ2v) is 8.07. The van der Waals surface area contributed by atoms with Crippen LogP contribution in [0.15, 0.2) is 53.4 Å². The van der Waals surface area contributed by atoms with Crippen molar-refractivity contribution in [2.24, 2.45) is 0 Å². The van der Waals surface area contributed by atoms with E-state index in [0.29, 0.717) is 18.7 Å². The molecule has 0 bridgehead atoms. The molecule has 1 atom stereocenters. The highest BCUT2D eigenvalue weighted by Crippen LogP contribution is 2.22. The Morgan fingerprint density at radius 3 is 2.21 bits per heavy atom. The number of amides is 1. The minimum atomic E-state index is -3.55. The summed E-state index contributed by atoms with van der Waals surface area (Å²) in [5.74, 6) is -0.570. The molecule has 2 aromatic rings. The van der Waals surface area contributed by atoms with Gasteiger partial charge in [0.2, 0.25) is 10.0 Å². The van der Waals surface area contributed by atoms with E-state index < -0.39 is 26.9 Å². The fourth-order valence-electron chi connectivity index (χ4n) is 2.82. The first-order valence-corrected chi connectivity index (χ1v) is 10.3. The summed E-state index contributed by atoms with van der Waals surface area (Å²) in [6.45, 7) is 6.03. The van der Waals surface area contributed by atoms with E-state index >= 15 is 0 Å². The molecular weight excluding hydrogens is 382 g/mol. The van der Waals surface area contributed by atoms with Gasteiger partial charge < -0.3 is 5.32 Å². The number of carbonyl (C=O) groups is 1. The van der Waals surface area contributed by atoms with Gasteiger partial charge >= 0.3 is 0 Å². The molecule has 2 rings (SSSR count). The van der Waals surface area contributed by atoms with Gasteiger partial charge in [-0.25, -0.2) is 8.42 Å². The minimum Gasteiger partial charge on any atom is -0.345 e. The molecule has 0 aromatic heterocycles. The molecule has 1 amide bonds. The number of hydrogen-bond acceptors (Lipinski definition) is 5. The van der Waals surface area contributed by atoms with Crippen LogP contribution in [0.2, 0.25) is 0 Å². The highest BCUT2D eigenvalue weighted by molar-refractivity contribution is 7.89. The predicted molar refractivity (Wildman–Crippen MR) is 106 cm³/mol. The lowest BCUT2D eigenvalue weighted by atomic mass is 10.1. The molecule has 1 N–H and O–H groups in total. The van der Waals surface area contributed by atoms with Crippen molar-refractivity contribution in [2.75, 3.05) is 13.1 Å². The third kappa shape index (κ3) is 4.55. The van der Waals surface area contributed by atoms with Crippen LogP contribution in [0.4, 0.5) is 5.69 Å². The molecule has 0 radical (unpaired) electrons. The summed E-state index contributed by atoms with van der Waals surface area (Å²) in [5, 5.41) is 13.8. The molecule has 0 spiro atoms. The van der Waals surface area contributed by atoms with Crippen LogP contribution >= 0.6 is 0 Å². The number of nitro groups is 1. The zero-order chi connectivity index (χ0) is 20.9. The molecule has 0 aliphatic heterocycles. The van der Waals surface area contributed by atoms with Crippen LogP contribution in [-0.2, 0) is 10.0 Å².